The summed E-state index contributed by atoms with van der Waals surface area (Å²) in [5, 5.41) is 0. The maximum atomic E-state index is 5.93. The fourth-order valence-corrected chi connectivity index (χ4v) is 2.70. The molecular weight excluding hydrogens is 264 g/mol. The van der Waals surface area contributed by atoms with E-state index in [4.69, 9.17) is 4.74 Å². The van der Waals surface area contributed by atoms with Gasteiger partial charge in [0.2, 0.25) is 5.95 Å². The topological polar surface area (TPSA) is 51.1 Å². The molecule has 5 heteroatoms. The van der Waals surface area contributed by atoms with E-state index in [0.717, 1.165) is 37.8 Å². The van der Waals surface area contributed by atoms with E-state index in [0.29, 0.717) is 5.92 Å². The van der Waals surface area contributed by atoms with E-state index < -0.39 is 0 Å². The zero-order valence-corrected chi connectivity index (χ0v) is 12.3. The standard InChI is InChI=1S/C16H20N4O/c1-13-4-2-6-15(8-13)21-10-14-5-3-7-20(9-14)16-18-11-17-12-19-16/h2,4,6,8,11-12,14H,3,5,7,9-10H2,1H3. The molecule has 5 nitrogen and oxygen atoms in total. The van der Waals surface area contributed by atoms with Gasteiger partial charge in [-0.1, -0.05) is 12.1 Å². The van der Waals surface area contributed by atoms with Gasteiger partial charge in [-0.2, -0.15) is 0 Å². The first-order valence-electron chi connectivity index (χ1n) is 7.37. The Labute approximate surface area is 125 Å². The zero-order chi connectivity index (χ0) is 14.5. The SMILES string of the molecule is Cc1cccc(OCC2CCCN(c3ncncn3)C2)c1. The summed E-state index contributed by atoms with van der Waals surface area (Å²) in [4.78, 5) is 14.5. The molecule has 1 aliphatic rings. The van der Waals surface area contributed by atoms with Crippen LogP contribution in [0.5, 0.6) is 5.75 Å². The minimum atomic E-state index is 0.510. The second kappa shape index (κ2) is 6.52. The molecule has 0 radical (unpaired) electrons. The molecule has 2 heterocycles. The number of hydrogen-bond donors (Lipinski definition) is 0. The predicted octanol–water partition coefficient (Wildman–Crippen LogP) is 2.48. The molecule has 110 valence electrons. The number of ether oxygens (including phenoxy) is 1. The van der Waals surface area contributed by atoms with Crippen molar-refractivity contribution in [2.24, 2.45) is 5.92 Å². The van der Waals surface area contributed by atoms with Crippen LogP contribution < -0.4 is 9.64 Å². The normalized spacial score (nSPS) is 18.5. The summed E-state index contributed by atoms with van der Waals surface area (Å²) in [5.74, 6) is 2.23. The van der Waals surface area contributed by atoms with Crippen molar-refractivity contribution in [1.29, 1.82) is 0 Å². The van der Waals surface area contributed by atoms with Gasteiger partial charge in [-0.05, 0) is 37.5 Å². The highest BCUT2D eigenvalue weighted by molar-refractivity contribution is 5.29. The molecule has 1 aromatic heterocycles. The predicted molar refractivity (Wildman–Crippen MR) is 81.4 cm³/mol. The lowest BCUT2D eigenvalue weighted by atomic mass is 9.99. The van der Waals surface area contributed by atoms with Crippen LogP contribution in [0.3, 0.4) is 0 Å². The van der Waals surface area contributed by atoms with E-state index in [2.05, 4.69) is 38.9 Å². The summed E-state index contributed by atoms with van der Waals surface area (Å²) < 4.78 is 5.93. The first-order chi connectivity index (χ1) is 10.3. The van der Waals surface area contributed by atoms with Crippen molar-refractivity contribution in [3.05, 3.63) is 42.5 Å². The lowest BCUT2D eigenvalue weighted by Gasteiger charge is -2.32. The maximum absolute atomic E-state index is 5.93. The van der Waals surface area contributed by atoms with Crippen molar-refractivity contribution in [2.75, 3.05) is 24.6 Å². The highest BCUT2D eigenvalue weighted by Gasteiger charge is 2.22. The lowest BCUT2D eigenvalue weighted by Crippen LogP contribution is -2.38. The average Bonchev–Trinajstić information content (AvgIpc) is 2.54. The van der Waals surface area contributed by atoms with Gasteiger partial charge >= 0.3 is 0 Å². The summed E-state index contributed by atoms with van der Waals surface area (Å²) in [7, 11) is 0. The Morgan fingerprint density at radius 3 is 2.95 bits per heavy atom. The Morgan fingerprint density at radius 1 is 1.29 bits per heavy atom. The smallest absolute Gasteiger partial charge is 0.228 e. The van der Waals surface area contributed by atoms with E-state index in [1.54, 1.807) is 12.7 Å². The number of piperidine rings is 1. The van der Waals surface area contributed by atoms with Gasteiger partial charge in [0.1, 0.15) is 18.4 Å². The van der Waals surface area contributed by atoms with Gasteiger partial charge in [-0.3, -0.25) is 0 Å². The van der Waals surface area contributed by atoms with Gasteiger partial charge in [0.15, 0.2) is 0 Å². The van der Waals surface area contributed by atoms with Gasteiger partial charge in [-0.15, -0.1) is 0 Å². The molecule has 0 amide bonds. The van der Waals surface area contributed by atoms with Crippen LogP contribution in [0.15, 0.2) is 36.9 Å². The molecular formula is C16H20N4O. The van der Waals surface area contributed by atoms with Crippen molar-refractivity contribution < 1.29 is 4.74 Å². The average molecular weight is 284 g/mol. The number of hydrogen-bond acceptors (Lipinski definition) is 5. The summed E-state index contributed by atoms with van der Waals surface area (Å²) in [6, 6.07) is 8.20. The minimum absolute atomic E-state index is 0.510. The van der Waals surface area contributed by atoms with Gasteiger partial charge in [0, 0.05) is 19.0 Å². The molecule has 1 atom stereocenters. The monoisotopic (exact) mass is 284 g/mol. The van der Waals surface area contributed by atoms with E-state index in [9.17, 15) is 0 Å². The molecule has 0 spiro atoms. The Morgan fingerprint density at radius 2 is 2.14 bits per heavy atom. The fraction of sp³-hybridized carbons (Fsp3) is 0.438. The second-order valence-electron chi connectivity index (χ2n) is 5.52. The van der Waals surface area contributed by atoms with Crippen LogP contribution in [-0.4, -0.2) is 34.6 Å². The number of aryl methyl sites for hydroxylation is 1. The van der Waals surface area contributed by atoms with Gasteiger partial charge < -0.3 is 9.64 Å². The molecule has 0 aliphatic carbocycles. The van der Waals surface area contributed by atoms with Crippen molar-refractivity contribution in [3.8, 4) is 5.75 Å². The van der Waals surface area contributed by atoms with Gasteiger partial charge in [-0.25, -0.2) is 15.0 Å². The molecule has 21 heavy (non-hydrogen) atoms. The van der Waals surface area contributed by atoms with E-state index in [1.807, 2.05) is 12.1 Å². The summed E-state index contributed by atoms with van der Waals surface area (Å²) in [5.41, 5.74) is 1.22. The van der Waals surface area contributed by atoms with Crippen LogP contribution >= 0.6 is 0 Å². The van der Waals surface area contributed by atoms with Crippen LogP contribution in [0.2, 0.25) is 0 Å². The summed E-state index contributed by atoms with van der Waals surface area (Å²) in [6.45, 7) is 4.77. The summed E-state index contributed by atoms with van der Waals surface area (Å²) >= 11 is 0. The Kier molecular flexibility index (Phi) is 4.28. The number of anilines is 1. The van der Waals surface area contributed by atoms with Crippen LogP contribution in [0.25, 0.3) is 0 Å². The van der Waals surface area contributed by atoms with Crippen LogP contribution in [-0.2, 0) is 0 Å². The molecule has 0 saturated carbocycles. The summed E-state index contributed by atoms with van der Waals surface area (Å²) in [6.07, 6.45) is 5.44. The Balaban J connectivity index is 1.57. The Bertz CT molecular complexity index is 575. The van der Waals surface area contributed by atoms with Gasteiger partial charge in [0.05, 0.1) is 6.61 Å². The highest BCUT2D eigenvalue weighted by Crippen LogP contribution is 2.21. The van der Waals surface area contributed by atoms with Crippen molar-refractivity contribution in [2.45, 2.75) is 19.8 Å². The molecule has 2 aromatic rings. The van der Waals surface area contributed by atoms with Crippen LogP contribution in [0.1, 0.15) is 18.4 Å². The zero-order valence-electron chi connectivity index (χ0n) is 12.3. The fourth-order valence-electron chi connectivity index (χ4n) is 2.70. The third-order valence-electron chi connectivity index (χ3n) is 3.76. The maximum Gasteiger partial charge on any atom is 0.228 e. The quantitative estimate of drug-likeness (QED) is 0.863. The Hall–Kier alpha value is -2.17. The van der Waals surface area contributed by atoms with E-state index >= 15 is 0 Å². The lowest BCUT2D eigenvalue weighted by molar-refractivity contribution is 0.228. The number of aromatic nitrogens is 3. The third-order valence-corrected chi connectivity index (χ3v) is 3.76. The minimum Gasteiger partial charge on any atom is -0.493 e. The van der Waals surface area contributed by atoms with Crippen molar-refractivity contribution in [1.82, 2.24) is 15.0 Å². The molecule has 0 bridgehead atoms. The third kappa shape index (κ3) is 3.68. The highest BCUT2D eigenvalue weighted by atomic mass is 16.5. The molecule has 1 aromatic carbocycles. The van der Waals surface area contributed by atoms with Crippen molar-refractivity contribution in [3.63, 3.8) is 0 Å². The molecule has 1 saturated heterocycles. The van der Waals surface area contributed by atoms with Gasteiger partial charge in [0.25, 0.3) is 0 Å². The number of benzene rings is 1. The van der Waals surface area contributed by atoms with Crippen molar-refractivity contribution >= 4 is 5.95 Å². The molecule has 0 N–H and O–H groups in total. The van der Waals surface area contributed by atoms with E-state index in [-0.39, 0.29) is 0 Å². The number of nitrogens with zero attached hydrogens (tertiary/aromatic N) is 4. The largest absolute Gasteiger partial charge is 0.493 e. The van der Waals surface area contributed by atoms with E-state index in [1.165, 1.54) is 12.0 Å². The first-order valence-corrected chi connectivity index (χ1v) is 7.37. The van der Waals surface area contributed by atoms with Crippen LogP contribution in [0.4, 0.5) is 5.95 Å². The molecule has 3 rings (SSSR count). The molecule has 1 aliphatic heterocycles. The molecule has 1 unspecified atom stereocenters. The first kappa shape index (κ1) is 13.8. The number of rotatable bonds is 4. The van der Waals surface area contributed by atoms with Crippen LogP contribution in [0, 0.1) is 12.8 Å². The second-order valence-corrected chi connectivity index (χ2v) is 5.52. The molecule has 1 fully saturated rings.